The summed E-state index contributed by atoms with van der Waals surface area (Å²) in [4.78, 5) is 10.8. The van der Waals surface area contributed by atoms with Crippen molar-refractivity contribution in [3.8, 4) is 0 Å². The molecule has 3 aliphatic rings. The highest BCUT2D eigenvalue weighted by Gasteiger charge is 2.52. The van der Waals surface area contributed by atoms with Gasteiger partial charge in [-0.05, 0) is 160 Å². The molecule has 2 N–H and O–H groups in total. The van der Waals surface area contributed by atoms with Crippen LogP contribution in [-0.2, 0) is 84.4 Å². The molecule has 0 amide bonds. The monoisotopic (exact) mass is 1640 g/mol. The van der Waals surface area contributed by atoms with Crippen molar-refractivity contribution in [1.29, 1.82) is 0 Å². The lowest BCUT2D eigenvalue weighted by atomic mass is 9.64. The molecule has 3 aromatic heterocycles. The zero-order valence-electron chi connectivity index (χ0n) is 61.3. The average Bonchev–Trinajstić information content (AvgIpc) is 1.16. The van der Waals surface area contributed by atoms with Crippen molar-refractivity contribution in [2.45, 2.75) is 175 Å². The SMILES string of the molecule is C.C.[C-]#[N+]CC1(n2cnnc2)CCC(CO[C@H](C)c2cc(C(F)(F)F)cc(C(F)(F)F)c2)(c2ccccc2)CC1.[C-]#[N+]C[C@@]1(n2cnnc2)CC[C@@](CO[C@H](C)c2cc(C(F)(F)F)cc(C(F)(F)F)c2)(c2ccccc2)NC1.[C-]#[N+]C[C@]1(n2cnnc2)CC[C@@](CO[C@H](C)c2cc(C(F)(F)F)cc(C(F)(F)F)c2)(c2ccccc2)NC1. The van der Waals surface area contributed by atoms with Crippen molar-refractivity contribution in [2.75, 3.05) is 52.5 Å². The normalized spacial score (nSPS) is 22.7. The van der Waals surface area contributed by atoms with E-state index < -0.39 is 122 Å². The molecule has 0 radical (unpaired) electrons. The molecular formula is C81H84F18N14O3. The molecule has 17 nitrogen and oxygen atoms in total. The van der Waals surface area contributed by atoms with Crippen LogP contribution in [0.15, 0.2) is 184 Å². The maximum atomic E-state index is 13.4. The third-order valence-electron chi connectivity index (χ3n) is 21.7. The lowest BCUT2D eigenvalue weighted by molar-refractivity contribution is -0.145. The van der Waals surface area contributed by atoms with Crippen LogP contribution in [0.25, 0.3) is 14.5 Å². The van der Waals surface area contributed by atoms with Crippen LogP contribution in [0, 0.1) is 19.7 Å². The number of ether oxygens (including phenoxy) is 3. The Morgan fingerprint density at radius 3 is 0.836 bits per heavy atom. The first-order valence-corrected chi connectivity index (χ1v) is 35.6. The fraction of sp³-hybridized carbons (Fsp3) is 0.444. The van der Waals surface area contributed by atoms with Crippen LogP contribution in [0.5, 0.6) is 0 Å². The summed E-state index contributed by atoms with van der Waals surface area (Å²) in [5.41, 5.74) is -10.1. The second kappa shape index (κ2) is 36.5. The maximum absolute atomic E-state index is 13.4. The molecule has 116 heavy (non-hydrogen) atoms. The Morgan fingerprint density at radius 2 is 0.586 bits per heavy atom. The summed E-state index contributed by atoms with van der Waals surface area (Å²) >= 11 is 0. The predicted octanol–water partition coefficient (Wildman–Crippen LogP) is 20.5. The Labute approximate surface area is 658 Å². The highest BCUT2D eigenvalue weighted by molar-refractivity contribution is 5.39. The number of piperidine rings is 2. The van der Waals surface area contributed by atoms with Gasteiger partial charge in [0.2, 0.25) is 19.6 Å². The van der Waals surface area contributed by atoms with Crippen molar-refractivity contribution >= 4 is 0 Å². The fourth-order valence-electron chi connectivity index (χ4n) is 14.7. The third-order valence-corrected chi connectivity index (χ3v) is 21.7. The minimum atomic E-state index is -4.94. The van der Waals surface area contributed by atoms with E-state index in [-0.39, 0.29) is 89.2 Å². The quantitative estimate of drug-likeness (QED) is 0.0521. The summed E-state index contributed by atoms with van der Waals surface area (Å²) in [6.45, 7) is 28.0. The number of benzene rings is 6. The summed E-state index contributed by atoms with van der Waals surface area (Å²) < 4.78 is 264. The molecule has 35 heteroatoms. The van der Waals surface area contributed by atoms with Gasteiger partial charge in [-0.1, -0.05) is 106 Å². The topological polar surface area (TPSA) is 157 Å². The predicted molar refractivity (Wildman–Crippen MR) is 392 cm³/mol. The summed E-state index contributed by atoms with van der Waals surface area (Å²) in [5.74, 6) is 0. The first-order valence-electron chi connectivity index (χ1n) is 35.6. The molecule has 6 aromatic carbocycles. The third kappa shape index (κ3) is 21.3. The lowest BCUT2D eigenvalue weighted by Crippen LogP contribution is -2.59. The number of hydrogen-bond donors (Lipinski definition) is 2. The Bertz CT molecular complexity index is 4160. The second-order valence-corrected chi connectivity index (χ2v) is 28.9. The summed E-state index contributed by atoms with van der Waals surface area (Å²) in [5, 5.41) is 30.2. The van der Waals surface area contributed by atoms with Crippen molar-refractivity contribution in [1.82, 2.24) is 54.9 Å². The summed E-state index contributed by atoms with van der Waals surface area (Å²) in [6.07, 6.45) is -19.0. The molecular weight excluding hydrogens is 1560 g/mol. The molecule has 1 saturated carbocycles. The lowest BCUT2D eigenvalue weighted by Gasteiger charge is -2.46. The molecule has 1 aliphatic carbocycles. The molecule has 2 aliphatic heterocycles. The Hall–Kier alpha value is -10.3. The van der Waals surface area contributed by atoms with Crippen molar-refractivity contribution in [2.24, 2.45) is 0 Å². The van der Waals surface area contributed by atoms with Crippen molar-refractivity contribution in [3.63, 3.8) is 0 Å². The zero-order chi connectivity index (χ0) is 82.8. The number of rotatable bonds is 21. The molecule has 0 unspecified atom stereocenters. The van der Waals surface area contributed by atoms with Gasteiger partial charge in [0.25, 0.3) is 0 Å². The molecule has 9 aromatic rings. The van der Waals surface area contributed by atoms with Gasteiger partial charge in [0.1, 0.15) is 54.6 Å². The molecule has 0 spiro atoms. The van der Waals surface area contributed by atoms with Gasteiger partial charge in [0.15, 0.2) is 0 Å². The number of aromatic nitrogens is 9. The molecule has 12 rings (SSSR count). The van der Waals surface area contributed by atoms with Gasteiger partial charge in [-0.15, -0.1) is 30.6 Å². The highest BCUT2D eigenvalue weighted by atomic mass is 19.4. The standard InChI is InChI=1S/C27H26F6N4O.2C26H25F6N5O.2CH4/c1-19(20-12-22(26(28,29)30)14-23(13-20)27(31,32)33)38-16-24(21-6-4-3-5-7-21)8-10-25(11-9-24,15-34-2)37-17-35-36-18-37;2*1-18(19-10-21(25(27,28)29)12-22(11-19)26(30,31)32)38-15-24(20-6-4-3-5-7-20)9-8-23(13-33-2,14-34-24)37-16-35-36-17-37;;/h3-7,12-14,17-19H,8-11,15-16H2,1H3;2*3-7,10-12,16-18,34H,8-9,13-15H2,1H3;2*1H4/t19-,24?,25?;18-,23+,24-;18-,23-,24-;;/m111../s1. The van der Waals surface area contributed by atoms with Crippen molar-refractivity contribution < 1.29 is 93.2 Å². The van der Waals surface area contributed by atoms with Gasteiger partial charge in [0.05, 0.1) is 82.6 Å². The Kier molecular flexibility index (Phi) is 28.7. The summed E-state index contributed by atoms with van der Waals surface area (Å²) in [7, 11) is 0. The first-order chi connectivity index (χ1) is 53.7. The maximum Gasteiger partial charge on any atom is 0.416 e. The van der Waals surface area contributed by atoms with Crippen LogP contribution in [0.4, 0.5) is 79.0 Å². The van der Waals surface area contributed by atoms with E-state index >= 15 is 0 Å². The van der Waals surface area contributed by atoms with Gasteiger partial charge in [0, 0.05) is 18.5 Å². The van der Waals surface area contributed by atoms with E-state index in [1.807, 2.05) is 95.6 Å². The largest absolute Gasteiger partial charge is 0.416 e. The highest BCUT2D eigenvalue weighted by Crippen LogP contribution is 2.50. The van der Waals surface area contributed by atoms with E-state index in [9.17, 15) is 79.0 Å². The molecule has 0 bridgehead atoms. The Balaban J connectivity index is 0.000000216. The molecule has 2 saturated heterocycles. The van der Waals surface area contributed by atoms with Gasteiger partial charge in [-0.2, -0.15) is 79.0 Å². The van der Waals surface area contributed by atoms with Crippen LogP contribution in [-0.4, -0.2) is 96.8 Å². The van der Waals surface area contributed by atoms with Crippen LogP contribution < -0.4 is 10.6 Å². The molecule has 3 fully saturated rings. The number of halogens is 18. The van der Waals surface area contributed by atoms with Crippen LogP contribution in [0.1, 0.15) is 172 Å². The van der Waals surface area contributed by atoms with Gasteiger partial charge in [-0.3, -0.25) is 0 Å². The smallest absolute Gasteiger partial charge is 0.373 e. The van der Waals surface area contributed by atoms with Gasteiger partial charge < -0.3 is 53.1 Å². The number of alkyl halides is 18. The minimum Gasteiger partial charge on any atom is -0.373 e. The molecule has 622 valence electrons. The van der Waals surface area contributed by atoms with Crippen LogP contribution in [0.2, 0.25) is 0 Å². The number of nitrogens with one attached hydrogen (secondary N) is 2. The zero-order valence-corrected chi connectivity index (χ0v) is 61.3. The van der Waals surface area contributed by atoms with E-state index in [2.05, 4.69) is 55.8 Å². The number of hydrogen-bond acceptors (Lipinski definition) is 11. The first kappa shape index (κ1) is 91.3. The van der Waals surface area contributed by atoms with Crippen molar-refractivity contribution in [3.05, 3.63) is 285 Å². The molecule has 5 heterocycles. The Morgan fingerprint density at radius 1 is 0.345 bits per heavy atom. The number of nitrogens with zero attached hydrogens (tertiary/aromatic N) is 12. The fourth-order valence-corrected chi connectivity index (χ4v) is 14.7. The average molecular weight is 1640 g/mol. The van der Waals surface area contributed by atoms with Gasteiger partial charge in [-0.25, -0.2) is 19.7 Å². The van der Waals surface area contributed by atoms with Crippen LogP contribution in [0.3, 0.4) is 0 Å². The second-order valence-electron chi connectivity index (χ2n) is 28.9. The van der Waals surface area contributed by atoms with E-state index in [4.69, 9.17) is 33.9 Å². The summed E-state index contributed by atoms with van der Waals surface area (Å²) in [6, 6.07) is 32.6. The van der Waals surface area contributed by atoms with E-state index in [1.165, 1.54) is 20.8 Å². The minimum absolute atomic E-state index is 0. The van der Waals surface area contributed by atoms with E-state index in [0.717, 1.165) is 16.7 Å². The molecule has 7 atom stereocenters. The van der Waals surface area contributed by atoms with E-state index in [0.29, 0.717) is 101 Å². The van der Waals surface area contributed by atoms with E-state index in [1.54, 1.807) is 47.1 Å². The van der Waals surface area contributed by atoms with Gasteiger partial charge >= 0.3 is 37.1 Å². The van der Waals surface area contributed by atoms with Crippen LogP contribution >= 0.6 is 0 Å².